The summed E-state index contributed by atoms with van der Waals surface area (Å²) in [5, 5.41) is 0. The van der Waals surface area contributed by atoms with Gasteiger partial charge in [-0.05, 0) is 48.9 Å². The zero-order chi connectivity index (χ0) is 21.7. The van der Waals surface area contributed by atoms with Crippen LogP contribution in [-0.4, -0.2) is 46.0 Å². The molecule has 158 valence electrons. The Kier molecular flexibility index (Phi) is 6.51. The van der Waals surface area contributed by atoms with Crippen molar-refractivity contribution in [1.29, 1.82) is 0 Å². The van der Waals surface area contributed by atoms with Crippen LogP contribution in [0.5, 0.6) is 23.0 Å². The molecule has 1 aromatic heterocycles. The van der Waals surface area contributed by atoms with Crippen LogP contribution in [0.25, 0.3) is 22.4 Å². The molecule has 0 radical (unpaired) electrons. The van der Waals surface area contributed by atoms with Crippen LogP contribution < -0.4 is 18.9 Å². The first-order chi connectivity index (χ1) is 14.6. The third-order valence-corrected chi connectivity index (χ3v) is 4.69. The molecule has 7 nitrogen and oxygen atoms in total. The van der Waals surface area contributed by atoms with Crippen molar-refractivity contribution in [2.45, 2.75) is 6.92 Å². The molecule has 0 saturated heterocycles. The Morgan fingerprint density at radius 1 is 0.767 bits per heavy atom. The van der Waals surface area contributed by atoms with Gasteiger partial charge in [0, 0.05) is 16.8 Å². The van der Waals surface area contributed by atoms with E-state index >= 15 is 0 Å². The van der Waals surface area contributed by atoms with Gasteiger partial charge in [-0.15, -0.1) is 0 Å². The van der Waals surface area contributed by atoms with Crippen LogP contribution in [0.1, 0.15) is 17.4 Å². The van der Waals surface area contributed by atoms with Crippen molar-refractivity contribution in [2.75, 3.05) is 35.0 Å². The van der Waals surface area contributed by atoms with Crippen LogP contribution in [0.2, 0.25) is 0 Å². The zero-order valence-electron chi connectivity index (χ0n) is 17.7. The minimum Gasteiger partial charge on any atom is -0.493 e. The second kappa shape index (κ2) is 9.26. The lowest BCUT2D eigenvalue weighted by Gasteiger charge is -2.10. The van der Waals surface area contributed by atoms with E-state index in [9.17, 15) is 4.79 Å². The standard InChI is InChI=1S/C23H25NO6/c1-6-30-23(25)22-16(14-7-9-18(26-2)20(11-14)28-4)13-17(24-22)15-8-10-19(27-3)21(12-15)29-5/h7-13,24H,6H2,1-5H3. The van der Waals surface area contributed by atoms with Crippen LogP contribution in [0.4, 0.5) is 0 Å². The molecule has 0 bridgehead atoms. The minimum atomic E-state index is -0.436. The van der Waals surface area contributed by atoms with Gasteiger partial charge in [0.05, 0.1) is 35.0 Å². The molecular formula is C23H25NO6. The monoisotopic (exact) mass is 411 g/mol. The Balaban J connectivity index is 2.14. The summed E-state index contributed by atoms with van der Waals surface area (Å²) in [5.74, 6) is 1.95. The highest BCUT2D eigenvalue weighted by Crippen LogP contribution is 2.38. The van der Waals surface area contributed by atoms with E-state index in [1.54, 1.807) is 41.4 Å². The Morgan fingerprint density at radius 2 is 1.30 bits per heavy atom. The number of carbonyl (C=O) groups is 1. The van der Waals surface area contributed by atoms with Gasteiger partial charge in [0.15, 0.2) is 23.0 Å². The summed E-state index contributed by atoms with van der Waals surface area (Å²) in [4.78, 5) is 15.8. The molecule has 0 aliphatic rings. The molecule has 0 saturated carbocycles. The lowest BCUT2D eigenvalue weighted by Crippen LogP contribution is -2.06. The Morgan fingerprint density at radius 3 is 1.83 bits per heavy atom. The van der Waals surface area contributed by atoms with Gasteiger partial charge in [-0.1, -0.05) is 6.07 Å². The number of carbonyl (C=O) groups excluding carboxylic acids is 1. The fraction of sp³-hybridized carbons (Fsp3) is 0.261. The highest BCUT2D eigenvalue weighted by atomic mass is 16.5. The molecular weight excluding hydrogens is 386 g/mol. The third kappa shape index (κ3) is 4.05. The first-order valence-corrected chi connectivity index (χ1v) is 9.41. The van der Waals surface area contributed by atoms with E-state index in [0.29, 0.717) is 34.3 Å². The van der Waals surface area contributed by atoms with Gasteiger partial charge in [-0.2, -0.15) is 0 Å². The molecule has 1 heterocycles. The number of hydrogen-bond acceptors (Lipinski definition) is 6. The molecule has 0 aliphatic carbocycles. The van der Waals surface area contributed by atoms with E-state index in [-0.39, 0.29) is 6.61 Å². The summed E-state index contributed by atoms with van der Waals surface area (Å²) in [6, 6.07) is 12.9. The second-order valence-electron chi connectivity index (χ2n) is 6.33. The summed E-state index contributed by atoms with van der Waals surface area (Å²) in [7, 11) is 6.31. The first kappa shape index (κ1) is 21.1. The zero-order valence-corrected chi connectivity index (χ0v) is 17.7. The topological polar surface area (TPSA) is 79.0 Å². The average molecular weight is 411 g/mol. The highest BCUT2D eigenvalue weighted by Gasteiger charge is 2.20. The Hall–Kier alpha value is -3.61. The molecule has 30 heavy (non-hydrogen) atoms. The van der Waals surface area contributed by atoms with Gasteiger partial charge in [-0.25, -0.2) is 4.79 Å². The predicted molar refractivity (Wildman–Crippen MR) is 114 cm³/mol. The molecule has 7 heteroatoms. The van der Waals surface area contributed by atoms with Crippen molar-refractivity contribution in [2.24, 2.45) is 0 Å². The van der Waals surface area contributed by atoms with Crippen molar-refractivity contribution in [3.05, 3.63) is 48.2 Å². The molecule has 0 fully saturated rings. The number of esters is 1. The van der Waals surface area contributed by atoms with Crippen molar-refractivity contribution >= 4 is 5.97 Å². The van der Waals surface area contributed by atoms with Gasteiger partial charge >= 0.3 is 5.97 Å². The van der Waals surface area contributed by atoms with Crippen LogP contribution in [0.15, 0.2) is 42.5 Å². The van der Waals surface area contributed by atoms with Crippen molar-refractivity contribution in [1.82, 2.24) is 4.98 Å². The quantitative estimate of drug-likeness (QED) is 0.548. The molecule has 3 rings (SSSR count). The fourth-order valence-electron chi connectivity index (χ4n) is 3.21. The summed E-state index contributed by atoms with van der Waals surface area (Å²) >= 11 is 0. The molecule has 1 N–H and O–H groups in total. The maximum atomic E-state index is 12.6. The number of hydrogen-bond donors (Lipinski definition) is 1. The van der Waals surface area contributed by atoms with E-state index in [4.69, 9.17) is 23.7 Å². The summed E-state index contributed by atoms with van der Waals surface area (Å²) in [5.41, 5.74) is 3.42. The number of methoxy groups -OCH3 is 4. The molecule has 0 aliphatic heterocycles. The molecule has 0 unspecified atom stereocenters. The molecule has 3 aromatic rings. The van der Waals surface area contributed by atoms with E-state index in [0.717, 1.165) is 16.8 Å². The van der Waals surface area contributed by atoms with Gasteiger partial charge in [0.2, 0.25) is 0 Å². The van der Waals surface area contributed by atoms with Gasteiger partial charge in [0.1, 0.15) is 5.69 Å². The molecule has 2 aromatic carbocycles. The summed E-state index contributed by atoms with van der Waals surface area (Å²) in [6.45, 7) is 2.04. The summed E-state index contributed by atoms with van der Waals surface area (Å²) < 4.78 is 26.7. The van der Waals surface area contributed by atoms with Crippen LogP contribution in [-0.2, 0) is 4.74 Å². The van der Waals surface area contributed by atoms with Crippen LogP contribution in [0.3, 0.4) is 0 Å². The van der Waals surface area contributed by atoms with Crippen molar-refractivity contribution in [3.63, 3.8) is 0 Å². The maximum Gasteiger partial charge on any atom is 0.355 e. The van der Waals surface area contributed by atoms with Gasteiger partial charge < -0.3 is 28.7 Å². The minimum absolute atomic E-state index is 0.273. The number of nitrogens with one attached hydrogen (secondary N) is 1. The number of ether oxygens (including phenoxy) is 5. The number of rotatable bonds is 8. The maximum absolute atomic E-state index is 12.6. The lowest BCUT2D eigenvalue weighted by molar-refractivity contribution is 0.0521. The van der Waals surface area contributed by atoms with E-state index in [1.807, 2.05) is 36.4 Å². The fourth-order valence-corrected chi connectivity index (χ4v) is 3.21. The summed E-state index contributed by atoms with van der Waals surface area (Å²) in [6.07, 6.45) is 0. The van der Waals surface area contributed by atoms with E-state index < -0.39 is 5.97 Å². The van der Waals surface area contributed by atoms with Gasteiger partial charge in [-0.3, -0.25) is 0 Å². The second-order valence-corrected chi connectivity index (χ2v) is 6.33. The van der Waals surface area contributed by atoms with E-state index in [2.05, 4.69) is 4.98 Å². The first-order valence-electron chi connectivity index (χ1n) is 9.41. The Bertz CT molecular complexity index is 1040. The smallest absolute Gasteiger partial charge is 0.355 e. The SMILES string of the molecule is CCOC(=O)c1[nH]c(-c2ccc(OC)c(OC)c2)cc1-c1ccc(OC)c(OC)c1. The number of H-pyrrole nitrogens is 1. The van der Waals surface area contributed by atoms with Crippen molar-refractivity contribution < 1.29 is 28.5 Å². The average Bonchev–Trinajstić information content (AvgIpc) is 3.23. The number of aromatic nitrogens is 1. The largest absolute Gasteiger partial charge is 0.493 e. The van der Waals surface area contributed by atoms with E-state index in [1.165, 1.54) is 0 Å². The normalized spacial score (nSPS) is 10.4. The highest BCUT2D eigenvalue weighted by molar-refractivity contribution is 5.97. The molecule has 0 amide bonds. The van der Waals surface area contributed by atoms with Crippen LogP contribution >= 0.6 is 0 Å². The van der Waals surface area contributed by atoms with Crippen molar-refractivity contribution in [3.8, 4) is 45.4 Å². The molecule has 0 spiro atoms. The number of benzene rings is 2. The van der Waals surface area contributed by atoms with Gasteiger partial charge in [0.25, 0.3) is 0 Å². The lowest BCUT2D eigenvalue weighted by atomic mass is 10.0. The van der Waals surface area contributed by atoms with Crippen LogP contribution in [0, 0.1) is 0 Å². The molecule has 0 atom stereocenters. The predicted octanol–water partition coefficient (Wildman–Crippen LogP) is 4.56. The Labute approximate surface area is 175 Å². The number of aromatic amines is 1. The third-order valence-electron chi connectivity index (χ3n) is 4.69.